The lowest BCUT2D eigenvalue weighted by molar-refractivity contribution is 0.460. The molecule has 1 aliphatic heterocycles. The van der Waals surface area contributed by atoms with Crippen LogP contribution in [0.3, 0.4) is 0 Å². The van der Waals surface area contributed by atoms with Gasteiger partial charge in [0.1, 0.15) is 0 Å². The van der Waals surface area contributed by atoms with Crippen molar-refractivity contribution in [2.24, 2.45) is 0 Å². The van der Waals surface area contributed by atoms with Gasteiger partial charge in [-0.2, -0.15) is 5.10 Å². The number of H-pyrrole nitrogens is 2. The number of piperidine rings is 1. The summed E-state index contributed by atoms with van der Waals surface area (Å²) in [4.78, 5) is 12.5. The molecule has 1 fully saturated rings. The van der Waals surface area contributed by atoms with Crippen LogP contribution in [0.15, 0.2) is 48.9 Å². The van der Waals surface area contributed by atoms with E-state index in [1.807, 2.05) is 18.5 Å². The number of fused-ring (bicyclic) bond motifs is 1. The zero-order chi connectivity index (χ0) is 22.5. The van der Waals surface area contributed by atoms with E-state index in [1.54, 1.807) is 6.20 Å². The topological polar surface area (TPSA) is 82.3 Å². The first-order valence-corrected chi connectivity index (χ1v) is 10.9. The average molecular weight is 425 g/mol. The van der Waals surface area contributed by atoms with Gasteiger partial charge < -0.3 is 10.3 Å². The maximum atomic E-state index is 4.63. The van der Waals surface area contributed by atoms with Gasteiger partial charge in [-0.15, -0.1) is 12.8 Å². The number of aromatic nitrogens is 5. The van der Waals surface area contributed by atoms with Crippen LogP contribution in [-0.2, 0) is 0 Å². The van der Waals surface area contributed by atoms with Crippen LogP contribution < -0.4 is 5.32 Å². The maximum Gasteiger partial charge on any atom is 0.181 e. The Bertz CT molecular complexity index is 1240. The highest BCUT2D eigenvalue weighted by Crippen LogP contribution is 2.34. The van der Waals surface area contributed by atoms with Crippen LogP contribution in [-0.4, -0.2) is 38.2 Å². The lowest BCUT2D eigenvalue weighted by Gasteiger charge is -2.22. The van der Waals surface area contributed by atoms with E-state index in [0.29, 0.717) is 5.92 Å². The number of rotatable bonds is 4. The number of aryl methyl sites for hydroxylation is 1. The standard InChI is InChI=1S/C24H26N6.C2H2/c1-3-19(17-5-4-8-26-13-17)20-12-22(28-15(20)2)23-21-11-18(14-27-24(21)30-29-23)16-6-9-25-10-7-16;1-2/h3-5,8,11-14,16,25,28H,6-7,9-10H2,1-2H3,(H,27,29,30);1-2H/b19-3-;. The summed E-state index contributed by atoms with van der Waals surface area (Å²) in [5, 5.41) is 12.2. The molecule has 5 rings (SSSR count). The Balaban J connectivity index is 0.00000119. The fourth-order valence-electron chi connectivity index (χ4n) is 4.47. The molecule has 0 saturated carbocycles. The van der Waals surface area contributed by atoms with Crippen molar-refractivity contribution in [3.63, 3.8) is 0 Å². The molecule has 0 radical (unpaired) electrons. The lowest BCUT2D eigenvalue weighted by Crippen LogP contribution is -2.26. The van der Waals surface area contributed by atoms with Gasteiger partial charge in [0, 0.05) is 40.8 Å². The number of allylic oxidation sites excluding steroid dienone is 1. The summed E-state index contributed by atoms with van der Waals surface area (Å²) in [6.07, 6.45) is 18.1. The third-order valence-electron chi connectivity index (χ3n) is 6.08. The van der Waals surface area contributed by atoms with Crippen LogP contribution in [0.2, 0.25) is 0 Å². The van der Waals surface area contributed by atoms with Crippen molar-refractivity contribution in [3.8, 4) is 24.2 Å². The zero-order valence-electron chi connectivity index (χ0n) is 18.5. The SMILES string of the molecule is C#C.C/C=C(/c1cccnc1)c1cc(-c2[nH]nc3ncc(C4CCNCC4)cc23)[nH]c1C. The Labute approximate surface area is 188 Å². The van der Waals surface area contributed by atoms with Gasteiger partial charge in [0.05, 0.1) is 11.4 Å². The molecule has 5 heterocycles. The molecule has 1 saturated heterocycles. The quantitative estimate of drug-likeness (QED) is 0.410. The lowest BCUT2D eigenvalue weighted by atomic mass is 9.91. The van der Waals surface area contributed by atoms with Gasteiger partial charge in [-0.25, -0.2) is 4.98 Å². The minimum absolute atomic E-state index is 0.562. The summed E-state index contributed by atoms with van der Waals surface area (Å²) < 4.78 is 0. The number of hydrogen-bond donors (Lipinski definition) is 3. The van der Waals surface area contributed by atoms with Gasteiger partial charge in [-0.3, -0.25) is 10.1 Å². The van der Waals surface area contributed by atoms with Gasteiger partial charge in [-0.1, -0.05) is 12.1 Å². The van der Waals surface area contributed by atoms with E-state index in [9.17, 15) is 0 Å². The highest BCUT2D eigenvalue weighted by molar-refractivity contribution is 5.92. The zero-order valence-corrected chi connectivity index (χ0v) is 18.5. The highest BCUT2D eigenvalue weighted by atomic mass is 15.2. The van der Waals surface area contributed by atoms with E-state index in [0.717, 1.165) is 59.6 Å². The van der Waals surface area contributed by atoms with Gasteiger partial charge in [0.25, 0.3) is 0 Å². The molecule has 0 aliphatic carbocycles. The van der Waals surface area contributed by atoms with E-state index in [1.165, 1.54) is 16.7 Å². The van der Waals surface area contributed by atoms with Crippen LogP contribution in [0.1, 0.15) is 48.1 Å². The smallest absolute Gasteiger partial charge is 0.181 e. The van der Waals surface area contributed by atoms with Gasteiger partial charge in [-0.05, 0) is 75.0 Å². The first-order valence-electron chi connectivity index (χ1n) is 10.9. The predicted molar refractivity (Wildman–Crippen MR) is 130 cm³/mol. The molecule has 0 spiro atoms. The molecule has 0 atom stereocenters. The van der Waals surface area contributed by atoms with Gasteiger partial charge in [0.15, 0.2) is 5.65 Å². The van der Waals surface area contributed by atoms with E-state index in [4.69, 9.17) is 0 Å². The van der Waals surface area contributed by atoms with E-state index in [-0.39, 0.29) is 0 Å². The monoisotopic (exact) mass is 424 g/mol. The van der Waals surface area contributed by atoms with Crippen LogP contribution >= 0.6 is 0 Å². The van der Waals surface area contributed by atoms with E-state index >= 15 is 0 Å². The van der Waals surface area contributed by atoms with E-state index < -0.39 is 0 Å². The molecule has 0 aromatic carbocycles. The van der Waals surface area contributed by atoms with Crippen molar-refractivity contribution in [2.75, 3.05) is 13.1 Å². The Morgan fingerprint density at radius 1 is 1.16 bits per heavy atom. The summed E-state index contributed by atoms with van der Waals surface area (Å²) in [7, 11) is 0. The van der Waals surface area contributed by atoms with Crippen LogP contribution in [0.4, 0.5) is 0 Å². The number of pyridine rings is 2. The fraction of sp³-hybridized carbons (Fsp3) is 0.269. The van der Waals surface area contributed by atoms with Crippen LogP contribution in [0, 0.1) is 19.8 Å². The Hall–Kier alpha value is -3.69. The Kier molecular flexibility index (Phi) is 6.48. The molecular formula is C26H28N6. The summed E-state index contributed by atoms with van der Waals surface area (Å²) in [5.41, 5.74) is 8.65. The van der Waals surface area contributed by atoms with E-state index in [2.05, 4.69) is 81.4 Å². The van der Waals surface area contributed by atoms with Crippen LogP contribution in [0.25, 0.3) is 28.0 Å². The average Bonchev–Trinajstić information content (AvgIpc) is 3.45. The number of aromatic amines is 2. The second kappa shape index (κ2) is 9.63. The molecule has 3 N–H and O–H groups in total. The van der Waals surface area contributed by atoms with Crippen molar-refractivity contribution in [1.29, 1.82) is 0 Å². The molecule has 1 aliphatic rings. The maximum absolute atomic E-state index is 4.63. The van der Waals surface area contributed by atoms with Gasteiger partial charge in [0.2, 0.25) is 0 Å². The molecular weight excluding hydrogens is 396 g/mol. The number of nitrogens with zero attached hydrogens (tertiary/aromatic N) is 3. The second-order valence-electron chi connectivity index (χ2n) is 7.93. The van der Waals surface area contributed by atoms with Gasteiger partial charge >= 0.3 is 0 Å². The van der Waals surface area contributed by atoms with Crippen LogP contribution in [0.5, 0.6) is 0 Å². The number of nitrogens with one attached hydrogen (secondary N) is 3. The number of terminal acetylenes is 1. The third kappa shape index (κ3) is 4.08. The molecule has 4 aromatic rings. The second-order valence-corrected chi connectivity index (χ2v) is 7.93. The predicted octanol–water partition coefficient (Wildman–Crippen LogP) is 4.82. The number of hydrogen-bond acceptors (Lipinski definition) is 4. The minimum atomic E-state index is 0.562. The fourth-order valence-corrected chi connectivity index (χ4v) is 4.47. The molecule has 4 aromatic heterocycles. The van der Waals surface area contributed by atoms with Crippen molar-refractivity contribution in [1.82, 2.24) is 30.5 Å². The van der Waals surface area contributed by atoms with Crippen molar-refractivity contribution in [2.45, 2.75) is 32.6 Å². The molecule has 6 nitrogen and oxygen atoms in total. The summed E-state index contributed by atoms with van der Waals surface area (Å²) >= 11 is 0. The third-order valence-corrected chi connectivity index (χ3v) is 6.08. The molecule has 0 bridgehead atoms. The molecule has 32 heavy (non-hydrogen) atoms. The first-order chi connectivity index (χ1) is 15.7. The molecule has 6 heteroatoms. The van der Waals surface area contributed by atoms with Crippen molar-refractivity contribution in [3.05, 3.63) is 71.3 Å². The Morgan fingerprint density at radius 2 is 1.97 bits per heavy atom. The summed E-state index contributed by atoms with van der Waals surface area (Å²) in [5.74, 6) is 0.562. The summed E-state index contributed by atoms with van der Waals surface area (Å²) in [6, 6.07) is 8.53. The summed E-state index contributed by atoms with van der Waals surface area (Å²) in [6.45, 7) is 6.31. The van der Waals surface area contributed by atoms with Crippen molar-refractivity contribution >= 4 is 16.6 Å². The normalized spacial score (nSPS) is 14.8. The Morgan fingerprint density at radius 3 is 2.69 bits per heavy atom. The molecule has 0 unspecified atom stereocenters. The first kappa shape index (κ1) is 21.5. The highest BCUT2D eigenvalue weighted by Gasteiger charge is 2.19. The molecule has 0 amide bonds. The minimum Gasteiger partial charge on any atom is -0.357 e. The molecule has 162 valence electrons. The van der Waals surface area contributed by atoms with Crippen molar-refractivity contribution < 1.29 is 0 Å². The largest absolute Gasteiger partial charge is 0.357 e.